The summed E-state index contributed by atoms with van der Waals surface area (Å²) in [5, 5.41) is 5.64. The molecule has 2 N–H and O–H groups in total. The first kappa shape index (κ1) is 20.0. The van der Waals surface area contributed by atoms with Crippen molar-refractivity contribution in [1.82, 2.24) is 10.2 Å². The number of methoxy groups -OCH3 is 1. The Morgan fingerprint density at radius 1 is 1.27 bits per heavy atom. The van der Waals surface area contributed by atoms with Gasteiger partial charge < -0.3 is 24.8 Å². The molecule has 8 heteroatoms. The number of rotatable bonds is 9. The second-order valence-electron chi connectivity index (χ2n) is 6.14. The molecule has 144 valence electrons. The Bertz CT molecular complexity index is 623. The fourth-order valence-electron chi connectivity index (χ4n) is 2.43. The van der Waals surface area contributed by atoms with Crippen LogP contribution in [0.1, 0.15) is 13.3 Å². The zero-order chi connectivity index (χ0) is 18.9. The summed E-state index contributed by atoms with van der Waals surface area (Å²) in [6.45, 7) is 4.06. The third kappa shape index (κ3) is 5.89. The molecule has 0 aromatic heterocycles. The van der Waals surface area contributed by atoms with Crippen molar-refractivity contribution in [3.05, 3.63) is 18.2 Å². The molecule has 8 nitrogen and oxygen atoms in total. The Kier molecular flexibility index (Phi) is 7.68. The maximum Gasteiger partial charge on any atom is 0.241 e. The van der Waals surface area contributed by atoms with Crippen LogP contribution in [0.5, 0.6) is 11.5 Å². The van der Waals surface area contributed by atoms with E-state index in [2.05, 4.69) is 10.6 Å². The molecule has 0 aliphatic carbocycles. The minimum atomic E-state index is -0.465. The van der Waals surface area contributed by atoms with E-state index in [0.29, 0.717) is 43.6 Å². The number of benzene rings is 1. The van der Waals surface area contributed by atoms with Crippen LogP contribution >= 0.6 is 0 Å². The fourth-order valence-corrected chi connectivity index (χ4v) is 2.43. The van der Waals surface area contributed by atoms with Gasteiger partial charge in [0.1, 0.15) is 13.2 Å². The van der Waals surface area contributed by atoms with E-state index >= 15 is 0 Å². The number of ether oxygens (including phenoxy) is 3. The number of nitrogens with zero attached hydrogens (tertiary/aromatic N) is 1. The minimum absolute atomic E-state index is 0.123. The number of anilines is 1. The van der Waals surface area contributed by atoms with Crippen LogP contribution in [-0.2, 0) is 14.3 Å². The lowest BCUT2D eigenvalue weighted by Crippen LogP contribution is -2.45. The maximum atomic E-state index is 12.4. The van der Waals surface area contributed by atoms with Crippen molar-refractivity contribution in [3.63, 3.8) is 0 Å². The van der Waals surface area contributed by atoms with E-state index in [0.717, 1.165) is 6.42 Å². The van der Waals surface area contributed by atoms with Gasteiger partial charge in [-0.25, -0.2) is 0 Å². The Morgan fingerprint density at radius 3 is 2.73 bits per heavy atom. The van der Waals surface area contributed by atoms with Crippen LogP contribution < -0.4 is 20.1 Å². The van der Waals surface area contributed by atoms with E-state index in [1.165, 1.54) is 0 Å². The first-order valence-electron chi connectivity index (χ1n) is 8.67. The lowest BCUT2D eigenvalue weighted by atomic mass is 10.2. The molecule has 1 aromatic rings. The lowest BCUT2D eigenvalue weighted by molar-refractivity contribution is -0.124. The van der Waals surface area contributed by atoms with Crippen molar-refractivity contribution in [2.45, 2.75) is 19.4 Å². The Labute approximate surface area is 153 Å². The van der Waals surface area contributed by atoms with E-state index in [1.807, 2.05) is 0 Å². The Morgan fingerprint density at radius 2 is 2.00 bits per heavy atom. The van der Waals surface area contributed by atoms with Gasteiger partial charge in [0, 0.05) is 32.0 Å². The molecule has 0 fully saturated rings. The summed E-state index contributed by atoms with van der Waals surface area (Å²) in [7, 11) is 3.36. The molecular formula is C18H27N3O5. The predicted molar refractivity (Wildman–Crippen MR) is 97.7 cm³/mol. The van der Waals surface area contributed by atoms with Crippen molar-refractivity contribution in [1.29, 1.82) is 0 Å². The van der Waals surface area contributed by atoms with Crippen LogP contribution in [0.2, 0.25) is 0 Å². The van der Waals surface area contributed by atoms with Gasteiger partial charge in [0.05, 0.1) is 12.6 Å². The van der Waals surface area contributed by atoms with E-state index in [4.69, 9.17) is 14.2 Å². The van der Waals surface area contributed by atoms with Gasteiger partial charge in [-0.1, -0.05) is 0 Å². The number of fused-ring (bicyclic) bond motifs is 1. The summed E-state index contributed by atoms with van der Waals surface area (Å²) in [6.07, 6.45) is 0.756. The van der Waals surface area contributed by atoms with Crippen LogP contribution in [-0.4, -0.2) is 69.8 Å². The number of likely N-dealkylation sites (N-methyl/N-ethyl adjacent to an activating group) is 1. The molecule has 2 rings (SSSR count). The number of amides is 2. The quantitative estimate of drug-likeness (QED) is 0.631. The van der Waals surface area contributed by atoms with E-state index in [9.17, 15) is 9.59 Å². The number of hydrogen-bond acceptors (Lipinski definition) is 6. The average molecular weight is 365 g/mol. The number of nitrogens with one attached hydrogen (secondary N) is 2. The number of carbonyl (C=O) groups is 2. The molecule has 0 saturated heterocycles. The molecule has 1 aliphatic heterocycles. The van der Waals surface area contributed by atoms with Gasteiger partial charge in [0.25, 0.3) is 0 Å². The van der Waals surface area contributed by atoms with Crippen molar-refractivity contribution in [2.24, 2.45) is 0 Å². The Balaban J connectivity index is 1.81. The second-order valence-corrected chi connectivity index (χ2v) is 6.14. The highest BCUT2D eigenvalue weighted by Gasteiger charge is 2.21. The van der Waals surface area contributed by atoms with Crippen molar-refractivity contribution < 1.29 is 23.8 Å². The van der Waals surface area contributed by atoms with Gasteiger partial charge in [0.15, 0.2) is 11.5 Å². The van der Waals surface area contributed by atoms with Crippen LogP contribution in [0.25, 0.3) is 0 Å². The second kappa shape index (κ2) is 9.98. The Hall–Kier alpha value is -2.32. The third-order valence-electron chi connectivity index (χ3n) is 4.09. The topological polar surface area (TPSA) is 89.1 Å². The van der Waals surface area contributed by atoms with Gasteiger partial charge in [-0.3, -0.25) is 14.5 Å². The summed E-state index contributed by atoms with van der Waals surface area (Å²) in [5.74, 6) is 0.967. The van der Waals surface area contributed by atoms with Gasteiger partial charge in [0.2, 0.25) is 11.8 Å². The van der Waals surface area contributed by atoms with Gasteiger partial charge in [-0.05, 0) is 32.5 Å². The SMILES string of the molecule is COCCCNC(=O)CN(C)C(C)C(=O)Nc1ccc2c(c1)OCCO2. The van der Waals surface area contributed by atoms with E-state index in [1.54, 1.807) is 44.2 Å². The highest BCUT2D eigenvalue weighted by atomic mass is 16.6. The van der Waals surface area contributed by atoms with Gasteiger partial charge in [-0.2, -0.15) is 0 Å². The normalized spacial score (nSPS) is 14.0. The number of hydrogen-bond donors (Lipinski definition) is 2. The predicted octanol–water partition coefficient (Wildman–Crippen LogP) is 0.869. The van der Waals surface area contributed by atoms with E-state index < -0.39 is 6.04 Å². The molecule has 0 bridgehead atoms. The van der Waals surface area contributed by atoms with Gasteiger partial charge >= 0.3 is 0 Å². The fraction of sp³-hybridized carbons (Fsp3) is 0.556. The average Bonchev–Trinajstić information content (AvgIpc) is 2.64. The van der Waals surface area contributed by atoms with Crippen molar-refractivity contribution in [2.75, 3.05) is 52.4 Å². The zero-order valence-electron chi connectivity index (χ0n) is 15.5. The standard InChI is InChI=1S/C18H27N3O5/c1-13(21(2)12-17(22)19-7-4-8-24-3)18(23)20-14-5-6-15-16(11-14)26-10-9-25-15/h5-6,11,13H,4,7-10,12H2,1-3H3,(H,19,22)(H,20,23). The minimum Gasteiger partial charge on any atom is -0.486 e. The summed E-state index contributed by atoms with van der Waals surface area (Å²) in [6, 6.07) is 4.81. The van der Waals surface area contributed by atoms with Crippen LogP contribution in [0.15, 0.2) is 18.2 Å². The van der Waals surface area contributed by atoms with Crippen molar-refractivity contribution in [3.8, 4) is 11.5 Å². The summed E-state index contributed by atoms with van der Waals surface area (Å²) < 4.78 is 15.9. The molecule has 0 saturated carbocycles. The maximum absolute atomic E-state index is 12.4. The molecule has 1 aliphatic rings. The molecule has 0 spiro atoms. The molecule has 0 radical (unpaired) electrons. The molecule has 26 heavy (non-hydrogen) atoms. The number of carbonyl (C=O) groups excluding carboxylic acids is 2. The highest BCUT2D eigenvalue weighted by molar-refractivity contribution is 5.95. The molecule has 2 amide bonds. The van der Waals surface area contributed by atoms with Crippen molar-refractivity contribution >= 4 is 17.5 Å². The summed E-state index contributed by atoms with van der Waals surface area (Å²) in [5.41, 5.74) is 0.628. The summed E-state index contributed by atoms with van der Waals surface area (Å²) in [4.78, 5) is 26.0. The zero-order valence-corrected chi connectivity index (χ0v) is 15.5. The third-order valence-corrected chi connectivity index (χ3v) is 4.09. The molecule has 1 heterocycles. The van der Waals surface area contributed by atoms with Crippen LogP contribution in [0, 0.1) is 0 Å². The van der Waals surface area contributed by atoms with Crippen LogP contribution in [0.3, 0.4) is 0 Å². The molecule has 1 aromatic carbocycles. The lowest BCUT2D eigenvalue weighted by Gasteiger charge is -2.24. The molecular weight excluding hydrogens is 338 g/mol. The highest BCUT2D eigenvalue weighted by Crippen LogP contribution is 2.32. The molecule has 1 unspecified atom stereocenters. The first-order chi connectivity index (χ1) is 12.5. The van der Waals surface area contributed by atoms with E-state index in [-0.39, 0.29) is 18.4 Å². The van der Waals surface area contributed by atoms with Gasteiger partial charge in [-0.15, -0.1) is 0 Å². The monoisotopic (exact) mass is 365 g/mol. The van der Waals surface area contributed by atoms with Crippen LogP contribution in [0.4, 0.5) is 5.69 Å². The largest absolute Gasteiger partial charge is 0.486 e. The smallest absolute Gasteiger partial charge is 0.241 e. The summed E-state index contributed by atoms with van der Waals surface area (Å²) >= 11 is 0. The first-order valence-corrected chi connectivity index (χ1v) is 8.67. The molecule has 1 atom stereocenters.